The summed E-state index contributed by atoms with van der Waals surface area (Å²) in [6.07, 6.45) is 3.13. The first-order valence-electron chi connectivity index (χ1n) is 7.62. The predicted molar refractivity (Wildman–Crippen MR) is 83.2 cm³/mol. The SMILES string of the molecule is CCCNC(C)c1cnc(N2CCN(C)CC2)nc1C. The first-order chi connectivity index (χ1) is 9.61. The highest BCUT2D eigenvalue weighted by Crippen LogP contribution is 2.18. The summed E-state index contributed by atoms with van der Waals surface area (Å²) in [5, 5.41) is 3.49. The molecule has 1 unspecified atom stereocenters. The molecule has 0 radical (unpaired) electrons. The minimum atomic E-state index is 0.316. The summed E-state index contributed by atoms with van der Waals surface area (Å²) in [6, 6.07) is 0.316. The van der Waals surface area contributed by atoms with Gasteiger partial charge in [0, 0.05) is 49.7 Å². The summed E-state index contributed by atoms with van der Waals surface area (Å²) in [5.74, 6) is 0.877. The van der Waals surface area contributed by atoms with Crippen LogP contribution in [0.1, 0.15) is 37.6 Å². The zero-order valence-corrected chi connectivity index (χ0v) is 13.2. The van der Waals surface area contributed by atoms with Crippen molar-refractivity contribution in [2.24, 2.45) is 0 Å². The van der Waals surface area contributed by atoms with Crippen LogP contribution in [0.5, 0.6) is 0 Å². The van der Waals surface area contributed by atoms with Crippen LogP contribution in [0.15, 0.2) is 6.20 Å². The van der Waals surface area contributed by atoms with Crippen LogP contribution in [0, 0.1) is 6.92 Å². The fourth-order valence-corrected chi connectivity index (χ4v) is 2.52. The number of hydrogen-bond donors (Lipinski definition) is 1. The first-order valence-corrected chi connectivity index (χ1v) is 7.62. The summed E-state index contributed by atoms with van der Waals surface area (Å²) >= 11 is 0. The molecule has 1 N–H and O–H groups in total. The van der Waals surface area contributed by atoms with Crippen LogP contribution in [0.2, 0.25) is 0 Å². The van der Waals surface area contributed by atoms with Crippen molar-refractivity contribution in [1.29, 1.82) is 0 Å². The number of aryl methyl sites for hydroxylation is 1. The molecule has 0 saturated carbocycles. The number of nitrogens with zero attached hydrogens (tertiary/aromatic N) is 4. The Morgan fingerprint density at radius 3 is 2.60 bits per heavy atom. The van der Waals surface area contributed by atoms with E-state index in [0.29, 0.717) is 6.04 Å². The van der Waals surface area contributed by atoms with Crippen molar-refractivity contribution in [2.45, 2.75) is 33.2 Å². The Kier molecular flexibility index (Phi) is 5.31. The summed E-state index contributed by atoms with van der Waals surface area (Å²) in [6.45, 7) is 11.7. The largest absolute Gasteiger partial charge is 0.338 e. The Labute approximate surface area is 122 Å². The van der Waals surface area contributed by atoms with Crippen molar-refractivity contribution in [3.63, 3.8) is 0 Å². The maximum atomic E-state index is 4.71. The van der Waals surface area contributed by atoms with Crippen molar-refractivity contribution < 1.29 is 0 Å². The van der Waals surface area contributed by atoms with E-state index in [-0.39, 0.29) is 0 Å². The molecule has 1 aromatic rings. The van der Waals surface area contributed by atoms with Gasteiger partial charge in [-0.3, -0.25) is 0 Å². The van der Waals surface area contributed by atoms with Gasteiger partial charge in [0.05, 0.1) is 0 Å². The van der Waals surface area contributed by atoms with E-state index >= 15 is 0 Å². The van der Waals surface area contributed by atoms with Crippen molar-refractivity contribution in [3.05, 3.63) is 17.5 Å². The van der Waals surface area contributed by atoms with Gasteiger partial charge >= 0.3 is 0 Å². The molecule has 112 valence electrons. The lowest BCUT2D eigenvalue weighted by Gasteiger charge is -2.32. The van der Waals surface area contributed by atoms with E-state index in [1.54, 1.807) is 0 Å². The molecule has 0 spiro atoms. The normalized spacial score (nSPS) is 18.3. The second kappa shape index (κ2) is 6.99. The lowest BCUT2D eigenvalue weighted by atomic mass is 10.1. The molecular weight excluding hydrogens is 250 g/mol. The van der Waals surface area contributed by atoms with E-state index < -0.39 is 0 Å². The Balaban J connectivity index is 2.05. The lowest BCUT2D eigenvalue weighted by molar-refractivity contribution is 0.311. The Morgan fingerprint density at radius 2 is 2.00 bits per heavy atom. The van der Waals surface area contributed by atoms with Crippen LogP contribution in [0.3, 0.4) is 0 Å². The summed E-state index contributed by atoms with van der Waals surface area (Å²) < 4.78 is 0. The van der Waals surface area contributed by atoms with Gasteiger partial charge in [-0.25, -0.2) is 9.97 Å². The molecule has 1 saturated heterocycles. The Morgan fingerprint density at radius 1 is 1.30 bits per heavy atom. The molecule has 1 aromatic heterocycles. The number of piperazine rings is 1. The molecule has 1 atom stereocenters. The molecular formula is C15H27N5. The van der Waals surface area contributed by atoms with Gasteiger partial charge in [0.2, 0.25) is 5.95 Å². The van der Waals surface area contributed by atoms with Crippen LogP contribution in [-0.2, 0) is 0 Å². The van der Waals surface area contributed by atoms with Crippen molar-refractivity contribution in [3.8, 4) is 0 Å². The zero-order chi connectivity index (χ0) is 14.5. The number of likely N-dealkylation sites (N-methyl/N-ethyl adjacent to an activating group) is 1. The second-order valence-corrected chi connectivity index (χ2v) is 5.68. The van der Waals surface area contributed by atoms with Gasteiger partial charge in [-0.15, -0.1) is 0 Å². The maximum absolute atomic E-state index is 4.71. The fourth-order valence-electron chi connectivity index (χ4n) is 2.52. The third kappa shape index (κ3) is 3.67. The molecule has 1 fully saturated rings. The lowest BCUT2D eigenvalue weighted by Crippen LogP contribution is -2.45. The first kappa shape index (κ1) is 15.2. The van der Waals surface area contributed by atoms with Gasteiger partial charge in [0.25, 0.3) is 0 Å². The summed E-state index contributed by atoms with van der Waals surface area (Å²) in [4.78, 5) is 13.9. The molecule has 5 heteroatoms. The molecule has 0 amide bonds. The molecule has 2 heterocycles. The van der Waals surface area contributed by atoms with E-state index in [4.69, 9.17) is 4.98 Å². The molecule has 0 aliphatic carbocycles. The quantitative estimate of drug-likeness (QED) is 0.885. The van der Waals surface area contributed by atoms with Gasteiger partial charge in [0.15, 0.2) is 0 Å². The molecule has 0 aromatic carbocycles. The fraction of sp³-hybridized carbons (Fsp3) is 0.733. The number of rotatable bonds is 5. The molecule has 0 bridgehead atoms. The van der Waals surface area contributed by atoms with E-state index in [1.165, 1.54) is 5.56 Å². The Bertz CT molecular complexity index is 426. The highest BCUT2D eigenvalue weighted by atomic mass is 15.3. The van der Waals surface area contributed by atoms with E-state index in [2.05, 4.69) is 47.9 Å². The van der Waals surface area contributed by atoms with Gasteiger partial charge < -0.3 is 15.1 Å². The highest BCUT2D eigenvalue weighted by Gasteiger charge is 2.18. The average molecular weight is 277 g/mol. The molecule has 20 heavy (non-hydrogen) atoms. The third-order valence-electron chi connectivity index (χ3n) is 3.96. The van der Waals surface area contributed by atoms with Crippen LogP contribution >= 0.6 is 0 Å². The minimum Gasteiger partial charge on any atom is -0.338 e. The van der Waals surface area contributed by atoms with Gasteiger partial charge in [-0.2, -0.15) is 0 Å². The zero-order valence-electron chi connectivity index (χ0n) is 13.2. The van der Waals surface area contributed by atoms with Crippen molar-refractivity contribution >= 4 is 5.95 Å². The monoisotopic (exact) mass is 277 g/mol. The predicted octanol–water partition coefficient (Wildman–Crippen LogP) is 1.60. The van der Waals surface area contributed by atoms with E-state index in [0.717, 1.165) is 50.8 Å². The van der Waals surface area contributed by atoms with Crippen LogP contribution < -0.4 is 10.2 Å². The maximum Gasteiger partial charge on any atom is 0.225 e. The van der Waals surface area contributed by atoms with Crippen molar-refractivity contribution in [2.75, 3.05) is 44.7 Å². The van der Waals surface area contributed by atoms with Gasteiger partial charge in [-0.1, -0.05) is 6.92 Å². The topological polar surface area (TPSA) is 44.3 Å². The molecule has 1 aliphatic rings. The number of nitrogens with one attached hydrogen (secondary N) is 1. The second-order valence-electron chi connectivity index (χ2n) is 5.68. The van der Waals surface area contributed by atoms with Crippen LogP contribution in [0.25, 0.3) is 0 Å². The van der Waals surface area contributed by atoms with Crippen molar-refractivity contribution in [1.82, 2.24) is 20.2 Å². The van der Waals surface area contributed by atoms with Crippen LogP contribution in [0.4, 0.5) is 5.95 Å². The molecule has 1 aliphatic heterocycles. The van der Waals surface area contributed by atoms with E-state index in [9.17, 15) is 0 Å². The number of hydrogen-bond acceptors (Lipinski definition) is 5. The van der Waals surface area contributed by atoms with Crippen LogP contribution in [-0.4, -0.2) is 54.6 Å². The van der Waals surface area contributed by atoms with E-state index in [1.807, 2.05) is 6.20 Å². The highest BCUT2D eigenvalue weighted by molar-refractivity contribution is 5.34. The number of anilines is 1. The number of aromatic nitrogens is 2. The molecule has 5 nitrogen and oxygen atoms in total. The minimum absolute atomic E-state index is 0.316. The van der Waals surface area contributed by atoms with Gasteiger partial charge in [0.1, 0.15) is 0 Å². The van der Waals surface area contributed by atoms with Gasteiger partial charge in [-0.05, 0) is 33.9 Å². The summed E-state index contributed by atoms with van der Waals surface area (Å²) in [5.41, 5.74) is 2.29. The third-order valence-corrected chi connectivity index (χ3v) is 3.96. The standard InChI is InChI=1S/C15H27N5/c1-5-6-16-12(2)14-11-17-15(18-13(14)3)20-9-7-19(4)8-10-20/h11-12,16H,5-10H2,1-4H3. The summed E-state index contributed by atoms with van der Waals surface area (Å²) in [7, 11) is 2.16. The average Bonchev–Trinajstić information content (AvgIpc) is 2.45. The Hall–Kier alpha value is -1.20. The molecule has 2 rings (SSSR count). The smallest absolute Gasteiger partial charge is 0.225 e.